The lowest BCUT2D eigenvalue weighted by molar-refractivity contribution is 0.0696. The molecule has 2 aromatic rings. The molecule has 1 aromatic carbocycles. The smallest absolute Gasteiger partial charge is 0.335 e. The van der Waals surface area contributed by atoms with Crippen LogP contribution in [0.5, 0.6) is 0 Å². The van der Waals surface area contributed by atoms with Gasteiger partial charge in [-0.2, -0.15) is 0 Å². The van der Waals surface area contributed by atoms with Crippen LogP contribution in [0.4, 0.5) is 11.4 Å². The lowest BCUT2D eigenvalue weighted by atomic mass is 10.1. The standard InChI is InChI=1S/C14H14N2O2/c1-9-7-11(3-4-13(9)14(17)18)16-12-5-6-15-10(2)8-12/h3-8H,1-2H3,(H,15,16)(H,17,18). The van der Waals surface area contributed by atoms with Crippen molar-refractivity contribution in [2.45, 2.75) is 13.8 Å². The maximum Gasteiger partial charge on any atom is 0.335 e. The summed E-state index contributed by atoms with van der Waals surface area (Å²) < 4.78 is 0. The zero-order valence-electron chi connectivity index (χ0n) is 10.3. The molecule has 0 aliphatic carbocycles. The van der Waals surface area contributed by atoms with Gasteiger partial charge in [-0.25, -0.2) is 4.79 Å². The van der Waals surface area contributed by atoms with Gasteiger partial charge in [0.05, 0.1) is 5.56 Å². The summed E-state index contributed by atoms with van der Waals surface area (Å²) in [6.45, 7) is 3.70. The van der Waals surface area contributed by atoms with Crippen LogP contribution in [0, 0.1) is 13.8 Å². The summed E-state index contributed by atoms with van der Waals surface area (Å²) in [5, 5.41) is 12.2. The van der Waals surface area contributed by atoms with Crippen LogP contribution in [0.2, 0.25) is 0 Å². The molecule has 0 aliphatic heterocycles. The van der Waals surface area contributed by atoms with Crippen LogP contribution in [-0.4, -0.2) is 16.1 Å². The first-order valence-corrected chi connectivity index (χ1v) is 5.60. The molecular weight excluding hydrogens is 228 g/mol. The molecule has 0 aliphatic rings. The Hall–Kier alpha value is -2.36. The van der Waals surface area contributed by atoms with E-state index in [1.807, 2.05) is 25.1 Å². The van der Waals surface area contributed by atoms with Crippen molar-refractivity contribution in [3.63, 3.8) is 0 Å². The monoisotopic (exact) mass is 242 g/mol. The van der Waals surface area contributed by atoms with Crippen molar-refractivity contribution in [3.05, 3.63) is 53.3 Å². The highest BCUT2D eigenvalue weighted by molar-refractivity contribution is 5.90. The molecule has 0 unspecified atom stereocenters. The minimum absolute atomic E-state index is 0.325. The fourth-order valence-electron chi connectivity index (χ4n) is 1.77. The molecule has 0 saturated heterocycles. The van der Waals surface area contributed by atoms with Crippen LogP contribution in [0.3, 0.4) is 0 Å². The van der Waals surface area contributed by atoms with Crippen LogP contribution in [0.1, 0.15) is 21.6 Å². The average Bonchev–Trinajstić information content (AvgIpc) is 2.28. The third-order valence-corrected chi connectivity index (χ3v) is 2.64. The Bertz CT molecular complexity index is 594. The van der Waals surface area contributed by atoms with Crippen molar-refractivity contribution in [1.29, 1.82) is 0 Å². The number of rotatable bonds is 3. The first-order chi connectivity index (χ1) is 8.56. The number of pyridine rings is 1. The third-order valence-electron chi connectivity index (χ3n) is 2.64. The lowest BCUT2D eigenvalue weighted by Crippen LogP contribution is -2.00. The van der Waals surface area contributed by atoms with E-state index in [0.717, 1.165) is 22.6 Å². The zero-order valence-corrected chi connectivity index (χ0v) is 10.3. The summed E-state index contributed by atoms with van der Waals surface area (Å²) in [6.07, 6.45) is 1.73. The van der Waals surface area contributed by atoms with Gasteiger partial charge in [-0.3, -0.25) is 4.98 Å². The highest BCUT2D eigenvalue weighted by atomic mass is 16.4. The summed E-state index contributed by atoms with van der Waals surface area (Å²) in [5.74, 6) is -0.904. The number of aryl methyl sites for hydroxylation is 2. The van der Waals surface area contributed by atoms with Crippen molar-refractivity contribution in [1.82, 2.24) is 4.98 Å². The zero-order chi connectivity index (χ0) is 13.1. The second kappa shape index (κ2) is 4.87. The Morgan fingerprint density at radius 3 is 2.50 bits per heavy atom. The topological polar surface area (TPSA) is 62.2 Å². The number of carbonyl (C=O) groups is 1. The van der Waals surface area contributed by atoms with Gasteiger partial charge < -0.3 is 10.4 Å². The number of carboxylic acids is 1. The summed E-state index contributed by atoms with van der Waals surface area (Å²) in [5.41, 5.74) is 3.79. The van der Waals surface area contributed by atoms with E-state index in [4.69, 9.17) is 5.11 Å². The van der Waals surface area contributed by atoms with Crippen molar-refractivity contribution in [2.24, 2.45) is 0 Å². The molecule has 0 spiro atoms. The first kappa shape index (κ1) is 12.1. The maximum atomic E-state index is 10.9. The number of anilines is 2. The van der Waals surface area contributed by atoms with Crippen LogP contribution in [-0.2, 0) is 0 Å². The number of hydrogen-bond donors (Lipinski definition) is 2. The minimum Gasteiger partial charge on any atom is -0.478 e. The molecule has 0 saturated carbocycles. The maximum absolute atomic E-state index is 10.9. The molecule has 92 valence electrons. The van der Waals surface area contributed by atoms with Crippen molar-refractivity contribution >= 4 is 17.3 Å². The van der Waals surface area contributed by atoms with Gasteiger partial charge in [-0.15, -0.1) is 0 Å². The fourth-order valence-corrected chi connectivity index (χ4v) is 1.77. The number of aromatic carboxylic acids is 1. The molecule has 18 heavy (non-hydrogen) atoms. The van der Waals surface area contributed by atoms with Crippen molar-refractivity contribution < 1.29 is 9.90 Å². The third kappa shape index (κ3) is 2.66. The Labute approximate surface area is 105 Å². The molecule has 0 amide bonds. The fraction of sp³-hybridized carbons (Fsp3) is 0.143. The predicted molar refractivity (Wildman–Crippen MR) is 70.4 cm³/mol. The van der Waals surface area contributed by atoms with Gasteiger partial charge in [0.1, 0.15) is 0 Å². The molecular formula is C14H14N2O2. The van der Waals surface area contributed by atoms with Crippen molar-refractivity contribution in [3.8, 4) is 0 Å². The number of benzene rings is 1. The van der Waals surface area contributed by atoms with E-state index in [9.17, 15) is 4.79 Å². The second-order valence-electron chi connectivity index (χ2n) is 4.15. The van der Waals surface area contributed by atoms with E-state index in [2.05, 4.69) is 10.3 Å². The van der Waals surface area contributed by atoms with Gasteiger partial charge >= 0.3 is 5.97 Å². The number of nitrogens with zero attached hydrogens (tertiary/aromatic N) is 1. The molecule has 0 atom stereocenters. The van der Waals surface area contributed by atoms with Crippen LogP contribution >= 0.6 is 0 Å². The first-order valence-electron chi connectivity index (χ1n) is 5.60. The Morgan fingerprint density at radius 2 is 1.89 bits per heavy atom. The lowest BCUT2D eigenvalue weighted by Gasteiger charge is -2.09. The van der Waals surface area contributed by atoms with Crippen molar-refractivity contribution in [2.75, 3.05) is 5.32 Å². The summed E-state index contributed by atoms with van der Waals surface area (Å²) in [6, 6.07) is 8.98. The van der Waals surface area contributed by atoms with Gasteiger partial charge in [-0.1, -0.05) is 0 Å². The molecule has 0 bridgehead atoms. The highest BCUT2D eigenvalue weighted by Crippen LogP contribution is 2.20. The van der Waals surface area contributed by atoms with Crippen LogP contribution in [0.25, 0.3) is 0 Å². The second-order valence-corrected chi connectivity index (χ2v) is 4.15. The van der Waals surface area contributed by atoms with Crippen LogP contribution < -0.4 is 5.32 Å². The molecule has 0 fully saturated rings. The van der Waals surface area contributed by atoms with E-state index in [0.29, 0.717) is 5.56 Å². The van der Waals surface area contributed by atoms with Gasteiger partial charge in [0.15, 0.2) is 0 Å². The predicted octanol–water partition coefficient (Wildman–Crippen LogP) is 3.14. The molecule has 2 N–H and O–H groups in total. The molecule has 0 radical (unpaired) electrons. The Balaban J connectivity index is 2.25. The van der Waals surface area contributed by atoms with E-state index >= 15 is 0 Å². The Morgan fingerprint density at radius 1 is 1.17 bits per heavy atom. The molecule has 1 heterocycles. The van der Waals surface area contributed by atoms with Gasteiger partial charge in [0, 0.05) is 23.3 Å². The van der Waals surface area contributed by atoms with Gasteiger partial charge in [0.2, 0.25) is 0 Å². The SMILES string of the molecule is Cc1cc(Nc2ccc(C(=O)O)c(C)c2)ccn1. The Kier molecular flexibility index (Phi) is 3.28. The number of nitrogens with one attached hydrogen (secondary N) is 1. The van der Waals surface area contributed by atoms with E-state index < -0.39 is 5.97 Å². The normalized spacial score (nSPS) is 10.1. The van der Waals surface area contributed by atoms with Gasteiger partial charge in [0.25, 0.3) is 0 Å². The summed E-state index contributed by atoms with van der Waals surface area (Å²) >= 11 is 0. The summed E-state index contributed by atoms with van der Waals surface area (Å²) in [4.78, 5) is 15.0. The average molecular weight is 242 g/mol. The number of carboxylic acid groups (broad SMARTS) is 1. The number of hydrogen-bond acceptors (Lipinski definition) is 3. The molecule has 4 nitrogen and oxygen atoms in total. The number of aromatic nitrogens is 1. The van der Waals surface area contributed by atoms with Crippen LogP contribution in [0.15, 0.2) is 36.5 Å². The van der Waals surface area contributed by atoms with E-state index in [-0.39, 0.29) is 0 Å². The highest BCUT2D eigenvalue weighted by Gasteiger charge is 2.07. The quantitative estimate of drug-likeness (QED) is 0.868. The minimum atomic E-state index is -0.904. The molecule has 4 heteroatoms. The van der Waals surface area contributed by atoms with E-state index in [1.54, 1.807) is 25.3 Å². The van der Waals surface area contributed by atoms with Gasteiger partial charge in [-0.05, 0) is 49.7 Å². The van der Waals surface area contributed by atoms with E-state index in [1.165, 1.54) is 0 Å². The molecule has 1 aromatic heterocycles. The molecule has 2 rings (SSSR count). The largest absolute Gasteiger partial charge is 0.478 e. The summed E-state index contributed by atoms with van der Waals surface area (Å²) in [7, 11) is 0.